The lowest BCUT2D eigenvalue weighted by atomic mass is 10.3. The molecule has 6 heteroatoms. The van der Waals surface area contributed by atoms with Gasteiger partial charge in [-0.3, -0.25) is 15.0 Å². The molecule has 0 heterocycles. The molecule has 3 aromatic rings. The monoisotopic (exact) mass is 398 g/mol. The first kappa shape index (κ1) is 20.8. The Morgan fingerprint density at radius 1 is 0.533 bits per heavy atom. The highest BCUT2D eigenvalue weighted by Crippen LogP contribution is 2.13. The summed E-state index contributed by atoms with van der Waals surface area (Å²) in [7, 11) is 5.70. The molecule has 0 unspecified atom stereocenters. The predicted molar refractivity (Wildman–Crippen MR) is 129 cm³/mol. The average molecular weight is 399 g/mol. The van der Waals surface area contributed by atoms with Gasteiger partial charge in [0.2, 0.25) is 0 Å². The third-order valence-electron chi connectivity index (χ3n) is 4.38. The summed E-state index contributed by atoms with van der Waals surface area (Å²) in [5, 5.41) is 19.1. The normalized spacial score (nSPS) is 10.9. The van der Waals surface area contributed by atoms with Crippen LogP contribution in [0.3, 0.4) is 0 Å². The Labute approximate surface area is 178 Å². The molecule has 0 aliphatic carbocycles. The van der Waals surface area contributed by atoms with Gasteiger partial charge in [-0.25, -0.2) is 0 Å². The molecule has 0 atom stereocenters. The van der Waals surface area contributed by atoms with Crippen LogP contribution in [0.15, 0.2) is 106 Å². The Morgan fingerprint density at radius 3 is 1.23 bits per heavy atom. The van der Waals surface area contributed by atoms with Crippen LogP contribution in [0.25, 0.3) is 0 Å². The van der Waals surface area contributed by atoms with Gasteiger partial charge in [-0.05, 0) is 36.4 Å². The summed E-state index contributed by atoms with van der Waals surface area (Å²) in [4.78, 5) is 0. The van der Waals surface area contributed by atoms with E-state index >= 15 is 0 Å². The molecule has 0 aromatic heterocycles. The Kier molecular flexibility index (Phi) is 7.33. The highest BCUT2D eigenvalue weighted by Gasteiger charge is 2.03. The fourth-order valence-electron chi connectivity index (χ4n) is 2.67. The lowest BCUT2D eigenvalue weighted by molar-refractivity contribution is 1.01. The van der Waals surface area contributed by atoms with Crippen LogP contribution in [0.1, 0.15) is 0 Å². The van der Waals surface area contributed by atoms with Crippen molar-refractivity contribution in [1.29, 1.82) is 0 Å². The van der Waals surface area contributed by atoms with Crippen molar-refractivity contribution in [2.45, 2.75) is 0 Å². The van der Waals surface area contributed by atoms with Gasteiger partial charge in [0.25, 0.3) is 0 Å². The molecule has 152 valence electrons. The van der Waals surface area contributed by atoms with Crippen LogP contribution in [0.5, 0.6) is 0 Å². The van der Waals surface area contributed by atoms with Gasteiger partial charge in [0, 0.05) is 21.1 Å². The van der Waals surface area contributed by atoms with Crippen LogP contribution in [0, 0.1) is 0 Å². The molecule has 3 aromatic carbocycles. The van der Waals surface area contributed by atoms with Gasteiger partial charge in [-0.15, -0.1) is 0 Å². The molecule has 0 saturated carbocycles. The summed E-state index contributed by atoms with van der Waals surface area (Å²) < 4.78 is 0. The van der Waals surface area contributed by atoms with Crippen molar-refractivity contribution < 1.29 is 0 Å². The first-order valence-electron chi connectivity index (χ1n) is 9.66. The van der Waals surface area contributed by atoms with Gasteiger partial charge < -0.3 is 0 Å². The van der Waals surface area contributed by atoms with Crippen molar-refractivity contribution in [1.82, 2.24) is 0 Å². The van der Waals surface area contributed by atoms with E-state index in [9.17, 15) is 0 Å². The van der Waals surface area contributed by atoms with Gasteiger partial charge in [-0.2, -0.15) is 15.3 Å². The topological polar surface area (TPSA) is 46.8 Å². The summed E-state index contributed by atoms with van der Waals surface area (Å²) >= 11 is 0. The van der Waals surface area contributed by atoms with Crippen LogP contribution in [-0.2, 0) is 0 Å². The van der Waals surface area contributed by atoms with Crippen LogP contribution in [0.4, 0.5) is 17.1 Å². The van der Waals surface area contributed by atoms with E-state index in [1.54, 1.807) is 27.5 Å². The molecule has 0 amide bonds. The maximum absolute atomic E-state index is 4.68. The second-order valence-corrected chi connectivity index (χ2v) is 6.59. The van der Waals surface area contributed by atoms with Gasteiger partial charge >= 0.3 is 0 Å². The summed E-state index contributed by atoms with van der Waals surface area (Å²) in [5.74, 6) is 0. The minimum Gasteiger partial charge on any atom is -0.269 e. The fraction of sp³-hybridized carbons (Fsp3) is 0.125. The van der Waals surface area contributed by atoms with E-state index in [0.29, 0.717) is 5.71 Å². The molecule has 0 N–H and O–H groups in total. The van der Waals surface area contributed by atoms with E-state index in [4.69, 9.17) is 0 Å². The largest absolute Gasteiger partial charge is 0.269 e. The molecule has 6 nitrogen and oxygen atoms in total. The Morgan fingerprint density at radius 2 is 0.867 bits per heavy atom. The van der Waals surface area contributed by atoms with Crippen LogP contribution >= 0.6 is 0 Å². The van der Waals surface area contributed by atoms with E-state index in [1.165, 1.54) is 0 Å². The van der Waals surface area contributed by atoms with Crippen molar-refractivity contribution in [2.75, 3.05) is 36.2 Å². The number of benzene rings is 3. The first-order chi connectivity index (χ1) is 14.6. The molecular formula is C24H26N6. The Hall–Kier alpha value is -3.93. The molecular weight excluding hydrogens is 372 g/mol. The Balaban J connectivity index is 1.83. The lowest BCUT2D eigenvalue weighted by Crippen LogP contribution is -2.19. The second kappa shape index (κ2) is 10.6. The van der Waals surface area contributed by atoms with Crippen LogP contribution < -0.4 is 15.0 Å². The zero-order chi connectivity index (χ0) is 21.2. The van der Waals surface area contributed by atoms with Gasteiger partial charge in [0.15, 0.2) is 0 Å². The van der Waals surface area contributed by atoms with Crippen molar-refractivity contribution in [2.24, 2.45) is 15.3 Å². The van der Waals surface area contributed by atoms with E-state index in [2.05, 4.69) is 15.3 Å². The Bertz CT molecular complexity index is 926. The highest BCUT2D eigenvalue weighted by atomic mass is 15.5. The van der Waals surface area contributed by atoms with E-state index in [-0.39, 0.29) is 0 Å². The molecule has 0 aliphatic rings. The molecule has 0 radical (unpaired) electrons. The average Bonchev–Trinajstić information content (AvgIpc) is 2.82. The number of rotatable bonds is 8. The number of hydrazone groups is 3. The van der Waals surface area contributed by atoms with E-state index < -0.39 is 0 Å². The first-order valence-corrected chi connectivity index (χ1v) is 9.66. The smallest absolute Gasteiger partial charge is 0.124 e. The SMILES string of the molecule is CN(N=CC(C=NN(C)c1ccccc1)=NN(C)c1ccccc1)c1ccccc1. The van der Waals surface area contributed by atoms with Crippen molar-refractivity contribution in [3.8, 4) is 0 Å². The number of para-hydroxylation sites is 3. The van der Waals surface area contributed by atoms with Gasteiger partial charge in [0.05, 0.1) is 29.5 Å². The van der Waals surface area contributed by atoms with Crippen LogP contribution in [-0.4, -0.2) is 39.3 Å². The van der Waals surface area contributed by atoms with Gasteiger partial charge in [-0.1, -0.05) is 54.6 Å². The molecule has 0 saturated heterocycles. The number of hydrogen-bond donors (Lipinski definition) is 0. The quantitative estimate of drug-likeness (QED) is 0.407. The summed E-state index contributed by atoms with van der Waals surface area (Å²) in [5.41, 5.74) is 3.57. The lowest BCUT2D eigenvalue weighted by Gasteiger charge is -2.15. The third-order valence-corrected chi connectivity index (χ3v) is 4.38. The van der Waals surface area contributed by atoms with E-state index in [0.717, 1.165) is 17.1 Å². The summed E-state index contributed by atoms with van der Waals surface area (Å²) in [6.07, 6.45) is 3.41. The minimum absolute atomic E-state index is 0.618. The minimum atomic E-state index is 0.618. The fourth-order valence-corrected chi connectivity index (χ4v) is 2.67. The second-order valence-electron chi connectivity index (χ2n) is 6.59. The number of nitrogens with zero attached hydrogens (tertiary/aromatic N) is 6. The zero-order valence-electron chi connectivity index (χ0n) is 17.5. The van der Waals surface area contributed by atoms with Crippen molar-refractivity contribution >= 4 is 35.2 Å². The highest BCUT2D eigenvalue weighted by molar-refractivity contribution is 6.56. The van der Waals surface area contributed by atoms with E-state index in [1.807, 2.05) is 112 Å². The molecule has 3 rings (SSSR count). The van der Waals surface area contributed by atoms with Crippen molar-refractivity contribution in [3.63, 3.8) is 0 Å². The summed E-state index contributed by atoms with van der Waals surface area (Å²) in [6.45, 7) is 0. The number of hydrogen-bond acceptors (Lipinski definition) is 6. The van der Waals surface area contributed by atoms with Crippen molar-refractivity contribution in [3.05, 3.63) is 91.0 Å². The standard InChI is InChI=1S/C24H26N6/c1-28(22-13-7-4-8-14-22)25-19-21(27-30(3)24-17-11-6-12-18-24)20-26-29(2)23-15-9-5-10-16-23/h4-20H,1-3H3. The molecule has 0 spiro atoms. The molecule has 0 fully saturated rings. The third kappa shape index (κ3) is 6.04. The van der Waals surface area contributed by atoms with Gasteiger partial charge in [0.1, 0.15) is 5.71 Å². The van der Waals surface area contributed by atoms with Crippen LogP contribution in [0.2, 0.25) is 0 Å². The predicted octanol–water partition coefficient (Wildman–Crippen LogP) is 4.72. The molecule has 0 bridgehead atoms. The number of anilines is 3. The summed E-state index contributed by atoms with van der Waals surface area (Å²) in [6, 6.07) is 29.8. The molecule has 30 heavy (non-hydrogen) atoms. The maximum atomic E-state index is 4.68. The maximum Gasteiger partial charge on any atom is 0.124 e. The molecule has 0 aliphatic heterocycles. The zero-order valence-corrected chi connectivity index (χ0v) is 17.5.